The molecule has 1 heterocycles. The molecule has 1 unspecified atom stereocenters. The Kier molecular flexibility index (Phi) is 9.27. The summed E-state index contributed by atoms with van der Waals surface area (Å²) in [6.07, 6.45) is 1.42. The van der Waals surface area contributed by atoms with Crippen molar-refractivity contribution in [2.45, 2.75) is 18.6 Å². The number of methoxy groups -OCH3 is 2. The number of hydrogen-bond donors (Lipinski definition) is 3. The molecule has 11 heteroatoms. The minimum Gasteiger partial charge on any atom is -0.478 e. The van der Waals surface area contributed by atoms with Crippen molar-refractivity contribution in [3.63, 3.8) is 0 Å². The summed E-state index contributed by atoms with van der Waals surface area (Å²) in [6, 6.07) is 4.48. The fourth-order valence-electron chi connectivity index (χ4n) is 2.51. The number of carbonyl (C=O) groups is 2. The molecule has 10 nitrogen and oxygen atoms in total. The van der Waals surface area contributed by atoms with E-state index in [-0.39, 0.29) is 36.8 Å². The summed E-state index contributed by atoms with van der Waals surface area (Å²) in [7, 11) is 2.93. The van der Waals surface area contributed by atoms with Gasteiger partial charge in [0.2, 0.25) is 0 Å². The monoisotopic (exact) mass is 483 g/mol. The maximum atomic E-state index is 12.4. The van der Waals surface area contributed by atoms with Crippen LogP contribution in [0.4, 0.5) is 5.69 Å². The van der Waals surface area contributed by atoms with Gasteiger partial charge in [0.05, 0.1) is 35.9 Å². The maximum absolute atomic E-state index is 12.4. The molecule has 30 heavy (non-hydrogen) atoms. The number of nitrogens with one attached hydrogen (secondary N) is 1. The minimum atomic E-state index is -1.17. The number of carboxylic acids is 1. The second kappa shape index (κ2) is 11.7. The fourth-order valence-corrected chi connectivity index (χ4v) is 2.87. The summed E-state index contributed by atoms with van der Waals surface area (Å²) in [6.45, 7) is 0.0818. The van der Waals surface area contributed by atoms with E-state index in [2.05, 4.69) is 31.2 Å². The third-order valence-electron chi connectivity index (χ3n) is 4.03. The van der Waals surface area contributed by atoms with Crippen LogP contribution < -0.4 is 5.32 Å². The van der Waals surface area contributed by atoms with E-state index in [1.807, 2.05) is 0 Å². The maximum Gasteiger partial charge on any atom is 0.337 e. The molecule has 0 aliphatic heterocycles. The molecule has 0 fully saturated rings. The number of aliphatic hydroxyl groups is 1. The van der Waals surface area contributed by atoms with Gasteiger partial charge >= 0.3 is 5.97 Å². The molecule has 0 aliphatic carbocycles. The zero-order chi connectivity index (χ0) is 22.1. The average molecular weight is 484 g/mol. The normalized spacial score (nSPS) is 12.9. The Labute approximate surface area is 181 Å². The molecule has 0 bridgehead atoms. The van der Waals surface area contributed by atoms with Gasteiger partial charge in [0.1, 0.15) is 18.6 Å². The second-order valence-corrected chi connectivity index (χ2v) is 7.08. The lowest BCUT2D eigenvalue weighted by atomic mass is 10.1. The number of anilines is 1. The molecule has 1 aromatic heterocycles. The molecular weight excluding hydrogens is 462 g/mol. The predicted octanol–water partition coefficient (Wildman–Crippen LogP) is 1.73. The topological polar surface area (TPSA) is 140 Å². The molecule has 1 aromatic carbocycles. The Balaban J connectivity index is 2.03. The highest BCUT2D eigenvalue weighted by Gasteiger charge is 2.21. The van der Waals surface area contributed by atoms with E-state index < -0.39 is 24.1 Å². The van der Waals surface area contributed by atoms with Crippen molar-refractivity contribution in [3.05, 3.63) is 52.0 Å². The Morgan fingerprint density at radius 1 is 1.23 bits per heavy atom. The fraction of sp³-hybridized carbons (Fsp3) is 0.368. The third-order valence-corrected chi connectivity index (χ3v) is 4.52. The van der Waals surface area contributed by atoms with E-state index in [4.69, 9.17) is 14.2 Å². The summed E-state index contributed by atoms with van der Waals surface area (Å²) in [5.74, 6) is -1.78. The number of ether oxygens (including phenoxy) is 3. The Morgan fingerprint density at radius 3 is 2.60 bits per heavy atom. The quantitative estimate of drug-likeness (QED) is 0.321. The third kappa shape index (κ3) is 6.82. The van der Waals surface area contributed by atoms with Crippen molar-refractivity contribution < 1.29 is 34.0 Å². The van der Waals surface area contributed by atoms with E-state index in [1.165, 1.54) is 38.7 Å². The van der Waals surface area contributed by atoms with E-state index in [0.29, 0.717) is 10.2 Å². The number of aromatic carboxylic acids is 1. The zero-order valence-corrected chi connectivity index (χ0v) is 18.0. The van der Waals surface area contributed by atoms with Crippen LogP contribution in [0.5, 0.6) is 0 Å². The molecule has 2 rings (SSSR count). The number of rotatable bonds is 11. The molecule has 162 valence electrons. The van der Waals surface area contributed by atoms with Crippen molar-refractivity contribution >= 4 is 33.5 Å². The van der Waals surface area contributed by atoms with E-state index >= 15 is 0 Å². The van der Waals surface area contributed by atoms with Crippen molar-refractivity contribution in [1.82, 2.24) is 9.97 Å². The van der Waals surface area contributed by atoms with Crippen molar-refractivity contribution in [2.75, 3.05) is 32.9 Å². The van der Waals surface area contributed by atoms with Gasteiger partial charge in [0.15, 0.2) is 0 Å². The van der Waals surface area contributed by atoms with Crippen molar-refractivity contribution in [2.24, 2.45) is 0 Å². The molecule has 0 radical (unpaired) electrons. The number of aromatic nitrogens is 2. The Bertz CT molecular complexity index is 864. The van der Waals surface area contributed by atoms with Crippen molar-refractivity contribution in [3.8, 4) is 0 Å². The molecule has 0 spiro atoms. The highest BCUT2D eigenvalue weighted by molar-refractivity contribution is 9.10. The number of carbonyl (C=O) groups excluding carboxylic acids is 1. The summed E-state index contributed by atoms with van der Waals surface area (Å²) in [5.41, 5.74) is 0.588. The van der Waals surface area contributed by atoms with Gasteiger partial charge in [-0.15, -0.1) is 0 Å². The van der Waals surface area contributed by atoms with Crippen LogP contribution in [-0.2, 0) is 20.6 Å². The lowest BCUT2D eigenvalue weighted by molar-refractivity contribution is -0.0966. The molecule has 1 amide bonds. The van der Waals surface area contributed by atoms with Crippen LogP contribution in [0, 0.1) is 0 Å². The van der Waals surface area contributed by atoms with Gasteiger partial charge < -0.3 is 29.7 Å². The standard InChI is InChI=1S/C19H22BrN3O7/c1-28-10-30-9-16(24)17(29-2)6-12-7-22-15(8-21-12)18(25)23-14-4-3-11(20)5-13(14)19(26)27/h3-5,7-8,16-17,24H,6,9-10H2,1-2H3,(H,23,25)(H,26,27)/t16-,17?/m1/s1. The smallest absolute Gasteiger partial charge is 0.337 e. The molecule has 0 aliphatic rings. The van der Waals surface area contributed by atoms with Crippen LogP contribution in [0.2, 0.25) is 0 Å². The average Bonchev–Trinajstić information content (AvgIpc) is 2.73. The molecule has 3 N–H and O–H groups in total. The highest BCUT2D eigenvalue weighted by atomic mass is 79.9. The van der Waals surface area contributed by atoms with Crippen LogP contribution >= 0.6 is 15.9 Å². The van der Waals surface area contributed by atoms with Crippen LogP contribution in [0.3, 0.4) is 0 Å². The molecule has 0 saturated carbocycles. The van der Waals surface area contributed by atoms with Gasteiger partial charge in [0, 0.05) is 31.3 Å². The summed E-state index contributed by atoms with van der Waals surface area (Å²) in [5, 5.41) is 21.9. The number of nitrogens with zero attached hydrogens (tertiary/aromatic N) is 2. The summed E-state index contributed by atoms with van der Waals surface area (Å²) < 4.78 is 15.7. The van der Waals surface area contributed by atoms with Crippen LogP contribution in [0.1, 0.15) is 26.5 Å². The molecule has 2 atom stereocenters. The van der Waals surface area contributed by atoms with Gasteiger partial charge in [-0.2, -0.15) is 0 Å². The van der Waals surface area contributed by atoms with Gasteiger partial charge in [-0.05, 0) is 18.2 Å². The second-order valence-electron chi connectivity index (χ2n) is 6.17. The van der Waals surface area contributed by atoms with Gasteiger partial charge in [-0.1, -0.05) is 15.9 Å². The largest absolute Gasteiger partial charge is 0.478 e. The molecule has 2 aromatic rings. The van der Waals surface area contributed by atoms with E-state index in [1.54, 1.807) is 6.07 Å². The van der Waals surface area contributed by atoms with E-state index in [0.717, 1.165) is 0 Å². The van der Waals surface area contributed by atoms with Gasteiger partial charge in [-0.3, -0.25) is 9.78 Å². The molecule has 0 saturated heterocycles. The summed E-state index contributed by atoms with van der Waals surface area (Å²) >= 11 is 3.20. The van der Waals surface area contributed by atoms with Crippen LogP contribution in [0.25, 0.3) is 0 Å². The van der Waals surface area contributed by atoms with Crippen molar-refractivity contribution in [1.29, 1.82) is 0 Å². The lowest BCUT2D eigenvalue weighted by Crippen LogP contribution is -2.34. The highest BCUT2D eigenvalue weighted by Crippen LogP contribution is 2.21. The molecular formula is C19H22BrN3O7. The lowest BCUT2D eigenvalue weighted by Gasteiger charge is -2.21. The number of benzene rings is 1. The first-order valence-corrected chi connectivity index (χ1v) is 9.57. The van der Waals surface area contributed by atoms with Gasteiger partial charge in [0.25, 0.3) is 5.91 Å². The Morgan fingerprint density at radius 2 is 2.00 bits per heavy atom. The first-order valence-electron chi connectivity index (χ1n) is 8.78. The first-order chi connectivity index (χ1) is 14.3. The number of carboxylic acid groups (broad SMARTS) is 1. The van der Waals surface area contributed by atoms with E-state index in [9.17, 15) is 19.8 Å². The zero-order valence-electron chi connectivity index (χ0n) is 16.4. The van der Waals surface area contributed by atoms with Gasteiger partial charge in [-0.25, -0.2) is 9.78 Å². The predicted molar refractivity (Wildman–Crippen MR) is 109 cm³/mol. The SMILES string of the molecule is COCOC[C@@H](O)C(Cc1cnc(C(=O)Nc2ccc(Br)cc2C(=O)O)cn1)OC. The summed E-state index contributed by atoms with van der Waals surface area (Å²) in [4.78, 5) is 32.0. The number of aliphatic hydroxyl groups excluding tert-OH is 1. The first kappa shape index (κ1) is 23.8. The van der Waals surface area contributed by atoms with Crippen LogP contribution in [-0.4, -0.2) is 71.9 Å². The number of hydrogen-bond acceptors (Lipinski definition) is 8. The minimum absolute atomic E-state index is 0.0101. The number of halogens is 1. The number of amides is 1. The van der Waals surface area contributed by atoms with Crippen LogP contribution in [0.15, 0.2) is 35.1 Å². The Hall–Kier alpha value is -2.44.